The molecule has 6 nitrogen and oxygen atoms in total. The summed E-state index contributed by atoms with van der Waals surface area (Å²) in [6.07, 6.45) is 0. The van der Waals surface area contributed by atoms with Crippen molar-refractivity contribution in [2.45, 2.75) is 26.1 Å². The van der Waals surface area contributed by atoms with Crippen LogP contribution in [0.15, 0.2) is 54.6 Å². The Morgan fingerprint density at radius 2 is 1.69 bits per heavy atom. The van der Waals surface area contributed by atoms with Crippen LogP contribution in [0.2, 0.25) is 0 Å². The standard InChI is InChI=1S/C20H24N2O4/c1-15(20(24)25)22(2)13-19(23)21-12-16-8-6-7-9-17(16)14-26-18-10-4-3-5-11-18/h3-11,15H,12-14H2,1-2H3,(H,21,23)(H,24,25). The molecule has 0 heterocycles. The molecule has 26 heavy (non-hydrogen) atoms. The number of hydrogen-bond donors (Lipinski definition) is 2. The van der Waals surface area contributed by atoms with E-state index in [1.165, 1.54) is 4.90 Å². The molecule has 0 aliphatic rings. The molecule has 0 spiro atoms. The number of rotatable bonds is 9. The number of nitrogens with one attached hydrogen (secondary N) is 1. The van der Waals surface area contributed by atoms with Gasteiger partial charge in [-0.3, -0.25) is 14.5 Å². The normalized spacial score (nSPS) is 11.8. The van der Waals surface area contributed by atoms with Gasteiger partial charge in [-0.15, -0.1) is 0 Å². The first-order chi connectivity index (χ1) is 12.5. The molecule has 2 aromatic carbocycles. The summed E-state index contributed by atoms with van der Waals surface area (Å²) in [7, 11) is 1.61. The molecule has 0 aromatic heterocycles. The van der Waals surface area contributed by atoms with Crippen LogP contribution in [0.3, 0.4) is 0 Å². The van der Waals surface area contributed by atoms with Crippen molar-refractivity contribution in [2.24, 2.45) is 0 Å². The Balaban J connectivity index is 1.89. The number of amides is 1. The summed E-state index contributed by atoms with van der Waals surface area (Å²) >= 11 is 0. The van der Waals surface area contributed by atoms with Gasteiger partial charge in [0.2, 0.25) is 5.91 Å². The van der Waals surface area contributed by atoms with Crippen LogP contribution in [-0.4, -0.2) is 41.5 Å². The number of ether oxygens (including phenoxy) is 1. The monoisotopic (exact) mass is 356 g/mol. The molecule has 0 bridgehead atoms. The molecular formula is C20H24N2O4. The number of carbonyl (C=O) groups excluding carboxylic acids is 1. The Bertz CT molecular complexity index is 734. The van der Waals surface area contributed by atoms with Gasteiger partial charge >= 0.3 is 5.97 Å². The Morgan fingerprint density at radius 1 is 1.08 bits per heavy atom. The second-order valence-corrected chi connectivity index (χ2v) is 6.08. The third-order valence-corrected chi connectivity index (χ3v) is 4.14. The molecule has 0 aliphatic heterocycles. The van der Waals surface area contributed by atoms with Crippen molar-refractivity contribution in [2.75, 3.05) is 13.6 Å². The molecule has 0 saturated carbocycles. The van der Waals surface area contributed by atoms with Crippen molar-refractivity contribution >= 4 is 11.9 Å². The lowest BCUT2D eigenvalue weighted by Crippen LogP contribution is -2.42. The summed E-state index contributed by atoms with van der Waals surface area (Å²) in [4.78, 5) is 24.5. The first-order valence-corrected chi connectivity index (χ1v) is 8.41. The van der Waals surface area contributed by atoms with Gasteiger partial charge in [0.05, 0.1) is 6.54 Å². The number of para-hydroxylation sites is 1. The van der Waals surface area contributed by atoms with Gasteiger partial charge in [0, 0.05) is 6.54 Å². The second kappa shape index (κ2) is 9.58. The third kappa shape index (κ3) is 5.89. The van der Waals surface area contributed by atoms with Crippen LogP contribution >= 0.6 is 0 Å². The molecular weight excluding hydrogens is 332 g/mol. The summed E-state index contributed by atoms with van der Waals surface area (Å²) in [6, 6.07) is 16.6. The minimum atomic E-state index is -0.955. The predicted molar refractivity (Wildman–Crippen MR) is 98.8 cm³/mol. The highest BCUT2D eigenvalue weighted by Gasteiger charge is 2.18. The topological polar surface area (TPSA) is 78.9 Å². The number of carboxylic acid groups (broad SMARTS) is 1. The van der Waals surface area contributed by atoms with Crippen LogP contribution < -0.4 is 10.1 Å². The highest BCUT2D eigenvalue weighted by Crippen LogP contribution is 2.14. The number of hydrogen-bond acceptors (Lipinski definition) is 4. The van der Waals surface area contributed by atoms with E-state index >= 15 is 0 Å². The number of benzene rings is 2. The fourth-order valence-electron chi connectivity index (χ4n) is 2.35. The van der Waals surface area contributed by atoms with Crippen molar-refractivity contribution in [1.29, 1.82) is 0 Å². The van der Waals surface area contributed by atoms with Crippen LogP contribution in [0.1, 0.15) is 18.1 Å². The number of nitrogens with zero attached hydrogens (tertiary/aromatic N) is 1. The minimum absolute atomic E-state index is 0.0240. The SMILES string of the molecule is CC(C(=O)O)N(C)CC(=O)NCc1ccccc1COc1ccccc1. The highest BCUT2D eigenvalue weighted by molar-refractivity contribution is 5.79. The molecule has 0 saturated heterocycles. The number of likely N-dealkylation sites (N-methyl/N-ethyl adjacent to an activating group) is 1. The van der Waals surface area contributed by atoms with Crippen LogP contribution in [0.25, 0.3) is 0 Å². The first kappa shape index (κ1) is 19.5. The van der Waals surface area contributed by atoms with Crippen LogP contribution in [0.4, 0.5) is 0 Å². The minimum Gasteiger partial charge on any atom is -0.489 e. The van der Waals surface area contributed by atoms with E-state index in [-0.39, 0.29) is 12.5 Å². The molecule has 6 heteroatoms. The largest absolute Gasteiger partial charge is 0.489 e. The Morgan fingerprint density at radius 3 is 2.35 bits per heavy atom. The van der Waals surface area contributed by atoms with Crippen LogP contribution in [0, 0.1) is 0 Å². The Kier molecular flexibility index (Phi) is 7.17. The summed E-state index contributed by atoms with van der Waals surface area (Å²) in [6.45, 7) is 2.34. The fraction of sp³-hybridized carbons (Fsp3) is 0.300. The van der Waals surface area contributed by atoms with E-state index < -0.39 is 12.0 Å². The average molecular weight is 356 g/mol. The third-order valence-electron chi connectivity index (χ3n) is 4.14. The summed E-state index contributed by atoms with van der Waals surface area (Å²) in [5.74, 6) is -0.390. The van der Waals surface area contributed by atoms with Crippen molar-refractivity contribution in [3.05, 3.63) is 65.7 Å². The van der Waals surface area contributed by atoms with Gasteiger partial charge < -0.3 is 15.2 Å². The molecule has 2 N–H and O–H groups in total. The summed E-state index contributed by atoms with van der Waals surface area (Å²) in [5, 5.41) is 11.8. The molecule has 0 fully saturated rings. The van der Waals surface area contributed by atoms with Crippen molar-refractivity contribution in [3.8, 4) is 5.75 Å². The van der Waals surface area contributed by atoms with Gasteiger partial charge in [0.1, 0.15) is 18.4 Å². The maximum Gasteiger partial charge on any atom is 0.320 e. The lowest BCUT2D eigenvalue weighted by Gasteiger charge is -2.20. The van der Waals surface area contributed by atoms with E-state index in [1.54, 1.807) is 14.0 Å². The number of aliphatic carboxylic acids is 1. The van der Waals surface area contributed by atoms with Crippen LogP contribution in [-0.2, 0) is 22.7 Å². The summed E-state index contributed by atoms with van der Waals surface area (Å²) < 4.78 is 5.78. The van der Waals surface area contributed by atoms with Gasteiger partial charge in [-0.2, -0.15) is 0 Å². The average Bonchev–Trinajstić information content (AvgIpc) is 2.65. The first-order valence-electron chi connectivity index (χ1n) is 8.41. The molecule has 2 aromatic rings. The molecule has 1 atom stereocenters. The van der Waals surface area contributed by atoms with Crippen molar-refractivity contribution in [3.63, 3.8) is 0 Å². The van der Waals surface area contributed by atoms with E-state index in [9.17, 15) is 9.59 Å². The highest BCUT2D eigenvalue weighted by atomic mass is 16.5. The quantitative estimate of drug-likeness (QED) is 0.721. The van der Waals surface area contributed by atoms with E-state index in [4.69, 9.17) is 9.84 Å². The smallest absolute Gasteiger partial charge is 0.320 e. The van der Waals surface area contributed by atoms with Gasteiger partial charge in [-0.05, 0) is 37.2 Å². The molecule has 0 radical (unpaired) electrons. The zero-order valence-electron chi connectivity index (χ0n) is 15.0. The maximum absolute atomic E-state index is 12.1. The number of carbonyl (C=O) groups is 2. The molecule has 0 aliphatic carbocycles. The molecule has 1 unspecified atom stereocenters. The van der Waals surface area contributed by atoms with Crippen LogP contribution in [0.5, 0.6) is 5.75 Å². The molecule has 2 rings (SSSR count). The maximum atomic E-state index is 12.1. The van der Waals surface area contributed by atoms with Gasteiger partial charge in [0.15, 0.2) is 0 Å². The van der Waals surface area contributed by atoms with Gasteiger partial charge in [-0.1, -0.05) is 42.5 Å². The lowest BCUT2D eigenvalue weighted by atomic mass is 10.1. The van der Waals surface area contributed by atoms with Crippen molar-refractivity contribution in [1.82, 2.24) is 10.2 Å². The van der Waals surface area contributed by atoms with E-state index in [0.29, 0.717) is 13.2 Å². The zero-order chi connectivity index (χ0) is 18.9. The summed E-state index contributed by atoms with van der Waals surface area (Å²) in [5.41, 5.74) is 1.95. The molecule has 138 valence electrons. The van der Waals surface area contributed by atoms with E-state index in [1.807, 2.05) is 54.6 Å². The number of carboxylic acids is 1. The van der Waals surface area contributed by atoms with Crippen molar-refractivity contribution < 1.29 is 19.4 Å². The second-order valence-electron chi connectivity index (χ2n) is 6.08. The van der Waals surface area contributed by atoms with Gasteiger partial charge in [-0.25, -0.2) is 0 Å². The van der Waals surface area contributed by atoms with E-state index in [2.05, 4.69) is 5.32 Å². The molecule has 1 amide bonds. The zero-order valence-corrected chi connectivity index (χ0v) is 15.0. The Labute approximate surface area is 153 Å². The van der Waals surface area contributed by atoms with Gasteiger partial charge in [0.25, 0.3) is 0 Å². The lowest BCUT2D eigenvalue weighted by molar-refractivity contribution is -0.142. The predicted octanol–water partition coefficient (Wildman–Crippen LogP) is 2.29. The fourth-order valence-corrected chi connectivity index (χ4v) is 2.35. The van der Waals surface area contributed by atoms with E-state index in [0.717, 1.165) is 16.9 Å². The Hall–Kier alpha value is -2.86.